The summed E-state index contributed by atoms with van der Waals surface area (Å²) in [5.41, 5.74) is 6.26. The molecule has 1 heterocycles. The minimum absolute atomic E-state index is 0.0220. The third kappa shape index (κ3) is 3.01. The number of hydrogen-bond donors (Lipinski definition) is 2. The Labute approximate surface area is 90.8 Å². The Morgan fingerprint density at radius 3 is 2.67 bits per heavy atom. The lowest BCUT2D eigenvalue weighted by molar-refractivity contribution is 0.400. The van der Waals surface area contributed by atoms with Gasteiger partial charge in [0.1, 0.15) is 5.82 Å². The topological polar surface area (TPSA) is 60.2 Å². The van der Waals surface area contributed by atoms with E-state index >= 15 is 0 Å². The highest BCUT2D eigenvalue weighted by molar-refractivity contribution is 5.54. The van der Waals surface area contributed by atoms with Gasteiger partial charge in [-0.3, -0.25) is 0 Å². The second-order valence-electron chi connectivity index (χ2n) is 4.16. The number of anilines is 2. The number of pyridine rings is 1. The van der Waals surface area contributed by atoms with E-state index in [1.807, 2.05) is 6.07 Å². The van der Waals surface area contributed by atoms with Gasteiger partial charge in [-0.2, -0.15) is 4.98 Å². The largest absolute Gasteiger partial charge is 0.479 e. The fourth-order valence-electron chi connectivity index (χ4n) is 1.12. The Morgan fingerprint density at radius 2 is 2.13 bits per heavy atom. The maximum atomic E-state index is 5.68. The Kier molecular flexibility index (Phi) is 3.39. The molecule has 0 aliphatic heterocycles. The third-order valence-corrected chi connectivity index (χ3v) is 2.43. The average Bonchev–Trinajstić information content (AvgIpc) is 2.20. The van der Waals surface area contributed by atoms with Gasteiger partial charge < -0.3 is 15.8 Å². The van der Waals surface area contributed by atoms with Gasteiger partial charge in [0.05, 0.1) is 12.8 Å². The Balaban J connectivity index is 2.87. The van der Waals surface area contributed by atoms with E-state index in [-0.39, 0.29) is 5.54 Å². The second kappa shape index (κ2) is 4.38. The van der Waals surface area contributed by atoms with Crippen LogP contribution in [0, 0.1) is 0 Å². The molecule has 0 atom stereocenters. The van der Waals surface area contributed by atoms with E-state index in [2.05, 4.69) is 31.1 Å². The van der Waals surface area contributed by atoms with Crippen molar-refractivity contribution >= 4 is 11.5 Å². The van der Waals surface area contributed by atoms with E-state index in [1.165, 1.54) is 0 Å². The van der Waals surface area contributed by atoms with Crippen LogP contribution in [0.3, 0.4) is 0 Å². The van der Waals surface area contributed by atoms with Crippen LogP contribution in [0.1, 0.15) is 27.2 Å². The predicted octanol–water partition coefficient (Wildman–Crippen LogP) is 2.27. The molecule has 0 aromatic carbocycles. The highest BCUT2D eigenvalue weighted by Crippen LogP contribution is 2.23. The summed E-state index contributed by atoms with van der Waals surface area (Å²) in [4.78, 5) is 4.27. The number of ether oxygens (including phenoxy) is 1. The predicted molar refractivity (Wildman–Crippen MR) is 63.2 cm³/mol. The molecule has 0 aliphatic carbocycles. The molecule has 3 N–H and O–H groups in total. The lowest BCUT2D eigenvalue weighted by atomic mass is 10.0. The smallest absolute Gasteiger partial charge is 0.238 e. The molecule has 0 spiro atoms. The van der Waals surface area contributed by atoms with Gasteiger partial charge in [0.15, 0.2) is 0 Å². The van der Waals surface area contributed by atoms with E-state index < -0.39 is 0 Å². The van der Waals surface area contributed by atoms with Crippen molar-refractivity contribution in [2.24, 2.45) is 0 Å². The van der Waals surface area contributed by atoms with Crippen molar-refractivity contribution in [2.75, 3.05) is 18.2 Å². The first-order valence-corrected chi connectivity index (χ1v) is 5.07. The lowest BCUT2D eigenvalue weighted by Crippen LogP contribution is -2.30. The molecule has 0 fully saturated rings. The Morgan fingerprint density at radius 1 is 1.47 bits per heavy atom. The third-order valence-electron chi connectivity index (χ3n) is 2.43. The maximum Gasteiger partial charge on any atom is 0.238 e. The van der Waals surface area contributed by atoms with Crippen LogP contribution in [0.25, 0.3) is 0 Å². The lowest BCUT2D eigenvalue weighted by Gasteiger charge is -2.25. The summed E-state index contributed by atoms with van der Waals surface area (Å²) in [7, 11) is 1.56. The van der Waals surface area contributed by atoms with Gasteiger partial charge in [-0.15, -0.1) is 0 Å². The van der Waals surface area contributed by atoms with Gasteiger partial charge in [-0.05, 0) is 32.4 Å². The van der Waals surface area contributed by atoms with Crippen molar-refractivity contribution in [3.63, 3.8) is 0 Å². The first-order chi connectivity index (χ1) is 6.98. The van der Waals surface area contributed by atoms with Crippen molar-refractivity contribution < 1.29 is 4.74 Å². The Hall–Kier alpha value is -1.45. The van der Waals surface area contributed by atoms with Crippen LogP contribution in [0.5, 0.6) is 5.88 Å². The van der Waals surface area contributed by atoms with Crippen LogP contribution in [0.4, 0.5) is 11.5 Å². The minimum Gasteiger partial charge on any atom is -0.479 e. The monoisotopic (exact) mass is 209 g/mol. The summed E-state index contributed by atoms with van der Waals surface area (Å²) in [6, 6.07) is 3.65. The zero-order chi connectivity index (χ0) is 11.5. The number of methoxy groups -OCH3 is 1. The number of aromatic nitrogens is 1. The van der Waals surface area contributed by atoms with Crippen molar-refractivity contribution in [2.45, 2.75) is 32.7 Å². The molecule has 4 nitrogen and oxygen atoms in total. The van der Waals surface area contributed by atoms with E-state index in [1.54, 1.807) is 13.2 Å². The van der Waals surface area contributed by atoms with Crippen LogP contribution in [0.15, 0.2) is 12.1 Å². The molecular weight excluding hydrogens is 190 g/mol. The van der Waals surface area contributed by atoms with Gasteiger partial charge in [0.25, 0.3) is 0 Å². The van der Waals surface area contributed by atoms with Crippen LogP contribution in [0.2, 0.25) is 0 Å². The van der Waals surface area contributed by atoms with Crippen LogP contribution in [-0.4, -0.2) is 17.6 Å². The van der Waals surface area contributed by atoms with Crippen molar-refractivity contribution in [3.8, 4) is 5.88 Å². The summed E-state index contributed by atoms with van der Waals surface area (Å²) in [6.07, 6.45) is 1.02. The van der Waals surface area contributed by atoms with E-state index in [0.29, 0.717) is 11.6 Å². The summed E-state index contributed by atoms with van der Waals surface area (Å²) < 4.78 is 5.06. The standard InChI is InChI=1S/C11H19N3O/c1-5-11(2,3)14-9-7-6-8(12)10(13-9)15-4/h6-7H,5,12H2,1-4H3,(H,13,14). The number of nitrogens with two attached hydrogens (primary N) is 1. The van der Waals surface area contributed by atoms with Gasteiger partial charge in [-0.1, -0.05) is 6.92 Å². The number of nitrogens with zero attached hydrogens (tertiary/aromatic N) is 1. The SMILES string of the molecule is CCC(C)(C)Nc1ccc(N)c(OC)n1. The maximum absolute atomic E-state index is 5.68. The highest BCUT2D eigenvalue weighted by Gasteiger charge is 2.15. The van der Waals surface area contributed by atoms with Crippen molar-refractivity contribution in [1.29, 1.82) is 0 Å². The van der Waals surface area contributed by atoms with Crippen molar-refractivity contribution in [1.82, 2.24) is 4.98 Å². The molecule has 0 saturated carbocycles. The summed E-state index contributed by atoms with van der Waals surface area (Å²) in [6.45, 7) is 6.37. The van der Waals surface area contributed by atoms with Crippen molar-refractivity contribution in [3.05, 3.63) is 12.1 Å². The van der Waals surface area contributed by atoms with Crippen LogP contribution in [-0.2, 0) is 0 Å². The van der Waals surface area contributed by atoms with E-state index in [0.717, 1.165) is 12.2 Å². The fraction of sp³-hybridized carbons (Fsp3) is 0.545. The van der Waals surface area contributed by atoms with E-state index in [4.69, 9.17) is 10.5 Å². The second-order valence-corrected chi connectivity index (χ2v) is 4.16. The van der Waals surface area contributed by atoms with Gasteiger partial charge >= 0.3 is 0 Å². The number of rotatable bonds is 4. The van der Waals surface area contributed by atoms with Gasteiger partial charge in [-0.25, -0.2) is 0 Å². The first kappa shape index (κ1) is 11.6. The Bertz CT molecular complexity index is 337. The summed E-state index contributed by atoms with van der Waals surface area (Å²) >= 11 is 0. The molecule has 0 bridgehead atoms. The van der Waals surface area contributed by atoms with Crippen LogP contribution < -0.4 is 15.8 Å². The molecule has 0 radical (unpaired) electrons. The molecular formula is C11H19N3O. The van der Waals surface area contributed by atoms with E-state index in [9.17, 15) is 0 Å². The molecule has 1 rings (SSSR count). The van der Waals surface area contributed by atoms with Gasteiger partial charge in [0, 0.05) is 5.54 Å². The number of hydrogen-bond acceptors (Lipinski definition) is 4. The molecule has 84 valence electrons. The first-order valence-electron chi connectivity index (χ1n) is 5.07. The molecule has 0 amide bonds. The average molecular weight is 209 g/mol. The molecule has 0 aliphatic rings. The summed E-state index contributed by atoms with van der Waals surface area (Å²) in [5, 5.41) is 3.32. The zero-order valence-electron chi connectivity index (χ0n) is 9.79. The van der Waals surface area contributed by atoms with Gasteiger partial charge in [0.2, 0.25) is 5.88 Å². The quantitative estimate of drug-likeness (QED) is 0.798. The number of nitrogens with one attached hydrogen (secondary N) is 1. The summed E-state index contributed by atoms with van der Waals surface area (Å²) in [5.74, 6) is 1.25. The zero-order valence-corrected chi connectivity index (χ0v) is 9.79. The van der Waals surface area contributed by atoms with Crippen LogP contribution >= 0.6 is 0 Å². The molecule has 1 aromatic heterocycles. The minimum atomic E-state index is 0.0220. The molecule has 4 heteroatoms. The highest BCUT2D eigenvalue weighted by atomic mass is 16.5. The normalized spacial score (nSPS) is 11.2. The molecule has 0 unspecified atom stereocenters. The fourth-order valence-corrected chi connectivity index (χ4v) is 1.12. The molecule has 0 saturated heterocycles. The molecule has 15 heavy (non-hydrogen) atoms. The number of nitrogen functional groups attached to an aromatic ring is 1. The molecule has 1 aromatic rings.